The van der Waals surface area contributed by atoms with Gasteiger partial charge in [-0.15, -0.1) is 0 Å². The molecule has 0 amide bonds. The zero-order valence-electron chi connectivity index (χ0n) is 15.7. The molecule has 0 radical (unpaired) electrons. The average Bonchev–Trinajstić information content (AvgIpc) is 2.69. The van der Waals surface area contributed by atoms with E-state index in [0.29, 0.717) is 42.4 Å². The van der Waals surface area contributed by atoms with E-state index in [1.807, 2.05) is 6.07 Å². The van der Waals surface area contributed by atoms with Crippen molar-refractivity contribution < 1.29 is 13.5 Å². The van der Waals surface area contributed by atoms with Gasteiger partial charge in [0.25, 0.3) is 0 Å². The number of rotatable bonds is 4. The molecular weight excluding hydrogens is 372 g/mol. The minimum atomic E-state index is -3.41. The van der Waals surface area contributed by atoms with E-state index in [0.717, 1.165) is 5.56 Å². The highest BCUT2D eigenvalue weighted by Crippen LogP contribution is 2.33. The van der Waals surface area contributed by atoms with Crippen molar-refractivity contribution in [3.8, 4) is 23.3 Å². The fourth-order valence-corrected chi connectivity index (χ4v) is 5.37. The monoisotopic (exact) mass is 394 g/mol. The van der Waals surface area contributed by atoms with Crippen molar-refractivity contribution in [3.05, 3.63) is 53.6 Å². The fourth-order valence-electron chi connectivity index (χ4n) is 3.67. The molecule has 2 aromatic rings. The Kier molecular flexibility index (Phi) is 5.56. The van der Waals surface area contributed by atoms with E-state index in [2.05, 4.69) is 6.07 Å². The van der Waals surface area contributed by atoms with E-state index in [9.17, 15) is 18.8 Å². The summed E-state index contributed by atoms with van der Waals surface area (Å²) in [5.41, 5.74) is 1.50. The Morgan fingerprint density at radius 2 is 1.71 bits per heavy atom. The Bertz CT molecular complexity index is 1050. The molecule has 0 atom stereocenters. The Morgan fingerprint density at radius 3 is 2.29 bits per heavy atom. The van der Waals surface area contributed by atoms with Crippen LogP contribution in [0, 0.1) is 28.6 Å². The molecule has 1 aliphatic rings. The van der Waals surface area contributed by atoms with Crippen LogP contribution in [0.5, 0.6) is 0 Å². The summed E-state index contributed by atoms with van der Waals surface area (Å²) in [7, 11) is -3.41. The predicted molar refractivity (Wildman–Crippen MR) is 106 cm³/mol. The number of nitriles is 2. The average molecular weight is 394 g/mol. The van der Waals surface area contributed by atoms with Gasteiger partial charge < -0.3 is 5.11 Å². The highest BCUT2D eigenvalue weighted by atomic mass is 32.2. The lowest BCUT2D eigenvalue weighted by molar-refractivity contribution is 0.0108. The Hall–Kier alpha value is -2.67. The molecule has 2 aromatic carbocycles. The largest absolute Gasteiger partial charge is 0.390 e. The lowest BCUT2D eigenvalue weighted by Gasteiger charge is -2.32. The Labute approximate surface area is 165 Å². The van der Waals surface area contributed by atoms with E-state index >= 15 is 0 Å². The van der Waals surface area contributed by atoms with Crippen LogP contribution >= 0.6 is 0 Å². The summed E-state index contributed by atoms with van der Waals surface area (Å²) in [6.07, 6.45) is 2.67. The van der Waals surface area contributed by atoms with Crippen LogP contribution in [0.15, 0.2) is 47.4 Å². The van der Waals surface area contributed by atoms with Gasteiger partial charge >= 0.3 is 0 Å². The number of aliphatic hydroxyl groups is 1. The van der Waals surface area contributed by atoms with Gasteiger partial charge in [-0.3, -0.25) is 0 Å². The van der Waals surface area contributed by atoms with Crippen LogP contribution < -0.4 is 0 Å². The molecule has 1 N–H and O–H groups in total. The van der Waals surface area contributed by atoms with Gasteiger partial charge in [0.1, 0.15) is 0 Å². The molecule has 6 heteroatoms. The second-order valence-corrected chi connectivity index (χ2v) is 9.76. The summed E-state index contributed by atoms with van der Waals surface area (Å²) in [6, 6.07) is 15.5. The molecule has 0 bridgehead atoms. The third kappa shape index (κ3) is 4.42. The molecule has 3 rings (SSSR count). The van der Waals surface area contributed by atoms with Gasteiger partial charge in [-0.2, -0.15) is 10.5 Å². The molecule has 28 heavy (non-hydrogen) atoms. The molecule has 0 saturated heterocycles. The van der Waals surface area contributed by atoms with Gasteiger partial charge in [0.2, 0.25) is 0 Å². The van der Waals surface area contributed by atoms with Crippen molar-refractivity contribution in [2.24, 2.45) is 5.92 Å². The lowest BCUT2D eigenvalue weighted by atomic mass is 9.81. The van der Waals surface area contributed by atoms with E-state index in [1.165, 1.54) is 6.07 Å². The zero-order chi connectivity index (χ0) is 20.4. The molecule has 5 nitrogen and oxygen atoms in total. The minimum Gasteiger partial charge on any atom is -0.390 e. The summed E-state index contributed by atoms with van der Waals surface area (Å²) in [4.78, 5) is 0.265. The van der Waals surface area contributed by atoms with Crippen LogP contribution in [0.3, 0.4) is 0 Å². The highest BCUT2D eigenvalue weighted by Gasteiger charge is 2.31. The van der Waals surface area contributed by atoms with Gasteiger partial charge in [0.05, 0.1) is 39.5 Å². The van der Waals surface area contributed by atoms with Gasteiger partial charge in [-0.05, 0) is 73.9 Å². The summed E-state index contributed by atoms with van der Waals surface area (Å²) < 4.78 is 25.5. The predicted octanol–water partition coefficient (Wildman–Crippen LogP) is 3.81. The highest BCUT2D eigenvalue weighted by molar-refractivity contribution is 7.91. The smallest absolute Gasteiger partial charge is 0.178 e. The lowest BCUT2D eigenvalue weighted by Crippen LogP contribution is -2.32. The van der Waals surface area contributed by atoms with Crippen molar-refractivity contribution in [1.29, 1.82) is 10.5 Å². The van der Waals surface area contributed by atoms with Crippen molar-refractivity contribution in [3.63, 3.8) is 0 Å². The maximum absolute atomic E-state index is 12.8. The number of hydrogen-bond acceptors (Lipinski definition) is 5. The molecule has 0 spiro atoms. The third-order valence-electron chi connectivity index (χ3n) is 5.43. The third-order valence-corrected chi connectivity index (χ3v) is 7.33. The standard InChI is InChI=1S/C22H22N2O3S/c1-22(25)10-8-16(9-11-22)15-28(26,27)20-5-3-18(4-6-20)21-7-2-17(13-23)12-19(21)14-24/h2-7,12,16,25H,8-11,15H2,1H3. The van der Waals surface area contributed by atoms with Crippen LogP contribution in [-0.4, -0.2) is 24.9 Å². The molecule has 0 aromatic heterocycles. The van der Waals surface area contributed by atoms with E-state index in [4.69, 9.17) is 5.26 Å². The Morgan fingerprint density at radius 1 is 1.07 bits per heavy atom. The van der Waals surface area contributed by atoms with Crippen molar-refractivity contribution >= 4 is 9.84 Å². The van der Waals surface area contributed by atoms with Crippen LogP contribution in [0.4, 0.5) is 0 Å². The number of nitrogens with zero attached hydrogens (tertiary/aromatic N) is 2. The molecular formula is C22H22N2O3S. The minimum absolute atomic E-state index is 0.0635. The first-order chi connectivity index (χ1) is 13.2. The van der Waals surface area contributed by atoms with Gasteiger partial charge in [-0.25, -0.2) is 8.42 Å². The van der Waals surface area contributed by atoms with Crippen molar-refractivity contribution in [2.75, 3.05) is 5.75 Å². The maximum Gasteiger partial charge on any atom is 0.178 e. The zero-order valence-corrected chi connectivity index (χ0v) is 16.5. The molecule has 0 unspecified atom stereocenters. The quantitative estimate of drug-likeness (QED) is 0.849. The van der Waals surface area contributed by atoms with Crippen molar-refractivity contribution in [2.45, 2.75) is 43.1 Å². The number of sulfone groups is 1. The summed E-state index contributed by atoms with van der Waals surface area (Å²) >= 11 is 0. The van der Waals surface area contributed by atoms with E-state index < -0.39 is 15.4 Å². The first-order valence-corrected chi connectivity index (χ1v) is 10.9. The maximum atomic E-state index is 12.8. The van der Waals surface area contributed by atoms with Gasteiger partial charge in [0, 0.05) is 0 Å². The summed E-state index contributed by atoms with van der Waals surface area (Å²) in [5.74, 6) is 0.150. The molecule has 1 aliphatic carbocycles. The number of hydrogen-bond donors (Lipinski definition) is 1. The molecule has 0 heterocycles. The van der Waals surface area contributed by atoms with Crippen LogP contribution in [0.25, 0.3) is 11.1 Å². The molecule has 0 aliphatic heterocycles. The van der Waals surface area contributed by atoms with Gasteiger partial charge in [-0.1, -0.05) is 18.2 Å². The van der Waals surface area contributed by atoms with E-state index in [1.54, 1.807) is 43.3 Å². The molecule has 1 saturated carbocycles. The second-order valence-electron chi connectivity index (χ2n) is 7.73. The van der Waals surface area contributed by atoms with Crippen molar-refractivity contribution in [1.82, 2.24) is 0 Å². The van der Waals surface area contributed by atoms with Crippen LogP contribution in [0.1, 0.15) is 43.7 Å². The first-order valence-electron chi connectivity index (χ1n) is 9.24. The Balaban J connectivity index is 1.79. The fraction of sp³-hybridized carbons (Fsp3) is 0.364. The van der Waals surface area contributed by atoms with Crippen LogP contribution in [0.2, 0.25) is 0 Å². The van der Waals surface area contributed by atoms with Crippen LogP contribution in [-0.2, 0) is 9.84 Å². The molecule has 144 valence electrons. The second kappa shape index (κ2) is 7.75. The summed E-state index contributed by atoms with van der Waals surface area (Å²) in [6.45, 7) is 1.80. The topological polar surface area (TPSA) is 102 Å². The van der Waals surface area contributed by atoms with Gasteiger partial charge in [0.15, 0.2) is 9.84 Å². The number of benzene rings is 2. The molecule has 1 fully saturated rings. The summed E-state index contributed by atoms with van der Waals surface area (Å²) in [5, 5.41) is 28.3. The van der Waals surface area contributed by atoms with E-state index in [-0.39, 0.29) is 16.6 Å². The SMILES string of the molecule is CC1(O)CCC(CS(=O)(=O)c2ccc(-c3ccc(C#N)cc3C#N)cc2)CC1. The first kappa shape index (κ1) is 20.1. The normalized spacial score (nSPS) is 22.2.